The molecular weight excluding hydrogens is 428 g/mol. The summed E-state index contributed by atoms with van der Waals surface area (Å²) in [5.74, 6) is 0.0632. The number of anilines is 1. The van der Waals surface area contributed by atoms with E-state index in [2.05, 4.69) is 73.2 Å². The molecule has 0 bridgehead atoms. The predicted molar refractivity (Wildman–Crippen MR) is 147 cm³/mol. The van der Waals surface area contributed by atoms with Crippen LogP contribution in [0.25, 0.3) is 5.57 Å². The van der Waals surface area contributed by atoms with Crippen LogP contribution in [-0.4, -0.2) is 20.0 Å². The van der Waals surface area contributed by atoms with Crippen LogP contribution < -0.4 is 10.6 Å². The minimum Gasteiger partial charge on any atom is -0.377 e. The molecule has 4 atom stereocenters. The Hall–Kier alpha value is -2.55. The summed E-state index contributed by atoms with van der Waals surface area (Å²) in [5.41, 5.74) is 19.4. The molecule has 3 heteroatoms. The third-order valence-electron chi connectivity index (χ3n) is 10.9. The average Bonchev–Trinajstić information content (AvgIpc) is 2.74. The second-order valence-corrected chi connectivity index (χ2v) is 12.4. The molecule has 0 radical (unpaired) electrons. The van der Waals surface area contributed by atoms with Gasteiger partial charge in [-0.3, -0.25) is 4.79 Å². The summed E-state index contributed by atoms with van der Waals surface area (Å²) in [7, 11) is 4.32. The summed E-state index contributed by atoms with van der Waals surface area (Å²) in [4.78, 5) is 14.9. The van der Waals surface area contributed by atoms with Crippen molar-refractivity contribution in [2.75, 3.05) is 19.0 Å². The third kappa shape index (κ3) is 2.65. The zero-order chi connectivity index (χ0) is 25.8. The summed E-state index contributed by atoms with van der Waals surface area (Å²) in [6, 6.07) is 2.40. The largest absolute Gasteiger partial charge is 0.377 e. The highest BCUT2D eigenvalue weighted by Gasteiger charge is 2.68. The maximum absolute atomic E-state index is 12.6. The number of nitrogens with zero attached hydrogens (tertiary/aromatic N) is 1. The van der Waals surface area contributed by atoms with E-state index in [0.717, 1.165) is 31.3 Å². The van der Waals surface area contributed by atoms with Crippen molar-refractivity contribution >= 4 is 17.2 Å². The number of amides is 1. The molecule has 0 saturated heterocycles. The highest BCUT2D eigenvalue weighted by molar-refractivity contribution is 5.99. The van der Waals surface area contributed by atoms with Gasteiger partial charge in [0.2, 0.25) is 5.91 Å². The Labute approximate surface area is 211 Å². The minimum absolute atomic E-state index is 0.00205. The van der Waals surface area contributed by atoms with Crippen molar-refractivity contribution in [1.29, 1.82) is 0 Å². The van der Waals surface area contributed by atoms with Gasteiger partial charge in [-0.25, -0.2) is 0 Å². The molecule has 4 aliphatic carbocycles. The number of hydrogen-bond donors (Lipinski definition) is 1. The molecule has 0 heterocycles. The van der Waals surface area contributed by atoms with Crippen LogP contribution in [0.3, 0.4) is 0 Å². The Morgan fingerprint density at radius 3 is 2.37 bits per heavy atom. The maximum Gasteiger partial charge on any atom is 0.248 e. The molecule has 5 rings (SSSR count). The molecule has 1 amide bonds. The van der Waals surface area contributed by atoms with Crippen LogP contribution in [-0.2, 0) is 17.6 Å². The Morgan fingerprint density at radius 1 is 1.20 bits per heavy atom. The number of aryl methyl sites for hydroxylation is 1. The Bertz CT molecular complexity index is 1290. The second-order valence-electron chi connectivity index (χ2n) is 12.4. The molecule has 4 aliphatic rings. The van der Waals surface area contributed by atoms with Gasteiger partial charge in [0, 0.05) is 30.8 Å². The first-order valence-corrected chi connectivity index (χ1v) is 13.2. The number of nitrogens with two attached hydrogens (primary N) is 1. The lowest BCUT2D eigenvalue weighted by Crippen LogP contribution is -2.62. The Kier molecular flexibility index (Phi) is 5.00. The van der Waals surface area contributed by atoms with Gasteiger partial charge in [-0.15, -0.1) is 0 Å². The standard InChI is InChI=1S/C32H42N2O/c1-11-22-14-25(34(9)10)23-15-30(7)16-32-13-12-24(32)18(3)27(29(33)35)20(5)31(32,8)21(6)28(30)19(4)26(23)17(22)2/h14,24H,4-5,11-13,15-16H2,1-3,6-10H3,(H2,33,35)/t24-,30+,31+,32+/m1/s1. The predicted octanol–water partition coefficient (Wildman–Crippen LogP) is 6.69. The highest BCUT2D eigenvalue weighted by Crippen LogP contribution is 2.77. The van der Waals surface area contributed by atoms with E-state index in [0.29, 0.717) is 11.5 Å². The molecule has 1 spiro atoms. The quantitative estimate of drug-likeness (QED) is 0.535. The molecule has 3 nitrogen and oxygen atoms in total. The number of carbonyl (C=O) groups is 1. The first-order chi connectivity index (χ1) is 16.3. The molecule has 0 aromatic heterocycles. The maximum atomic E-state index is 12.6. The van der Waals surface area contributed by atoms with Crippen LogP contribution in [0.5, 0.6) is 0 Å². The molecular formula is C32H42N2O. The van der Waals surface area contributed by atoms with Gasteiger partial charge in [0.15, 0.2) is 0 Å². The van der Waals surface area contributed by atoms with Gasteiger partial charge < -0.3 is 10.6 Å². The molecule has 0 aliphatic heterocycles. The van der Waals surface area contributed by atoms with E-state index in [1.807, 2.05) is 0 Å². The van der Waals surface area contributed by atoms with Crippen molar-refractivity contribution in [3.05, 3.63) is 69.3 Å². The number of allylic oxidation sites excluding steroid dienone is 4. The van der Waals surface area contributed by atoms with Crippen LogP contribution in [0.2, 0.25) is 0 Å². The number of fused-ring (bicyclic) bond motifs is 2. The Morgan fingerprint density at radius 2 is 1.86 bits per heavy atom. The molecule has 186 valence electrons. The van der Waals surface area contributed by atoms with Crippen molar-refractivity contribution in [3.63, 3.8) is 0 Å². The summed E-state index contributed by atoms with van der Waals surface area (Å²) < 4.78 is 0. The Balaban J connectivity index is 1.82. The fourth-order valence-electron chi connectivity index (χ4n) is 9.13. The van der Waals surface area contributed by atoms with E-state index < -0.39 is 0 Å². The van der Waals surface area contributed by atoms with Crippen LogP contribution >= 0.6 is 0 Å². The van der Waals surface area contributed by atoms with Gasteiger partial charge in [-0.1, -0.05) is 45.1 Å². The summed E-state index contributed by atoms with van der Waals surface area (Å²) in [5, 5.41) is 0. The van der Waals surface area contributed by atoms with Crippen LogP contribution in [0, 0.1) is 29.1 Å². The van der Waals surface area contributed by atoms with E-state index in [1.54, 1.807) is 0 Å². The summed E-state index contributed by atoms with van der Waals surface area (Å²) in [6.07, 6.45) is 5.42. The van der Waals surface area contributed by atoms with E-state index in [1.165, 1.54) is 56.7 Å². The van der Waals surface area contributed by atoms with Gasteiger partial charge in [0.1, 0.15) is 0 Å². The second kappa shape index (κ2) is 7.24. The van der Waals surface area contributed by atoms with Crippen molar-refractivity contribution in [2.45, 2.75) is 73.6 Å². The molecule has 2 N–H and O–H groups in total. The summed E-state index contributed by atoms with van der Waals surface area (Å²) >= 11 is 0. The van der Waals surface area contributed by atoms with Crippen molar-refractivity contribution in [1.82, 2.24) is 0 Å². The molecule has 1 fully saturated rings. The lowest BCUT2D eigenvalue weighted by Gasteiger charge is -2.70. The van der Waals surface area contributed by atoms with Gasteiger partial charge in [0.05, 0.1) is 0 Å². The normalized spacial score (nSPS) is 33.5. The zero-order valence-corrected chi connectivity index (χ0v) is 23.0. The number of hydrogen-bond acceptors (Lipinski definition) is 2. The fraction of sp³-hybridized carbons (Fsp3) is 0.531. The van der Waals surface area contributed by atoms with Crippen molar-refractivity contribution in [2.24, 2.45) is 27.9 Å². The smallest absolute Gasteiger partial charge is 0.248 e. The number of rotatable bonds is 3. The molecule has 1 saturated carbocycles. The van der Waals surface area contributed by atoms with E-state index in [4.69, 9.17) is 12.3 Å². The van der Waals surface area contributed by atoms with Crippen molar-refractivity contribution < 1.29 is 4.79 Å². The lowest BCUT2D eigenvalue weighted by molar-refractivity contribution is -0.116. The number of benzene rings is 1. The first-order valence-electron chi connectivity index (χ1n) is 13.2. The van der Waals surface area contributed by atoms with Crippen LogP contribution in [0.1, 0.15) is 76.1 Å². The topological polar surface area (TPSA) is 46.3 Å². The molecule has 1 aromatic rings. The van der Waals surface area contributed by atoms with E-state index in [9.17, 15) is 4.79 Å². The van der Waals surface area contributed by atoms with Crippen LogP contribution in [0.15, 0.2) is 47.1 Å². The van der Waals surface area contributed by atoms with Crippen LogP contribution in [0.4, 0.5) is 5.69 Å². The van der Waals surface area contributed by atoms with Gasteiger partial charge in [0.25, 0.3) is 0 Å². The van der Waals surface area contributed by atoms with Gasteiger partial charge in [-0.05, 0) is 115 Å². The SMILES string of the molecule is C=C1C2=C(C)[C@]3(C)C(=C)C(C(N)=O)=C(C)[C@H]4CC[C@]43C[C@]2(C)Cc2c(N(C)C)cc(CC)c(C)c21. The fourth-order valence-corrected chi connectivity index (χ4v) is 9.13. The minimum atomic E-state index is -0.327. The number of carbonyl (C=O) groups excluding carboxylic acids is 1. The number of primary amides is 1. The van der Waals surface area contributed by atoms with Crippen molar-refractivity contribution in [3.8, 4) is 0 Å². The molecule has 0 unspecified atom stereocenters. The zero-order valence-electron chi connectivity index (χ0n) is 23.0. The summed E-state index contributed by atoms with van der Waals surface area (Å²) in [6.45, 7) is 23.1. The van der Waals surface area contributed by atoms with Gasteiger partial charge >= 0.3 is 0 Å². The molecule has 35 heavy (non-hydrogen) atoms. The lowest BCUT2D eigenvalue weighted by atomic mass is 9.33. The first kappa shape index (κ1) is 24.2. The van der Waals surface area contributed by atoms with Gasteiger partial charge in [-0.2, -0.15) is 0 Å². The average molecular weight is 471 g/mol. The highest BCUT2D eigenvalue weighted by atomic mass is 16.1. The molecule has 1 aromatic carbocycles. The van der Waals surface area contributed by atoms with E-state index in [-0.39, 0.29) is 22.2 Å². The third-order valence-corrected chi connectivity index (χ3v) is 10.9. The monoisotopic (exact) mass is 470 g/mol. The van der Waals surface area contributed by atoms with E-state index >= 15 is 0 Å².